The van der Waals surface area contributed by atoms with E-state index < -0.39 is 0 Å². The first-order chi connectivity index (χ1) is 9.20. The summed E-state index contributed by atoms with van der Waals surface area (Å²) in [5.41, 5.74) is 2.57. The zero-order valence-electron chi connectivity index (χ0n) is 11.7. The summed E-state index contributed by atoms with van der Waals surface area (Å²) in [4.78, 5) is 11.1. The van der Waals surface area contributed by atoms with Gasteiger partial charge in [0.05, 0.1) is 0 Å². The van der Waals surface area contributed by atoms with Gasteiger partial charge in [-0.25, -0.2) is 0 Å². The molecule has 100 valence electrons. The summed E-state index contributed by atoms with van der Waals surface area (Å²) in [6.45, 7) is 4.37. The van der Waals surface area contributed by atoms with Gasteiger partial charge in [0.1, 0.15) is 0 Å². The number of hydrogen-bond acceptors (Lipinski definition) is 1. The molecule has 0 aliphatic heterocycles. The van der Waals surface area contributed by atoms with Gasteiger partial charge in [0, 0.05) is 13.5 Å². The van der Waals surface area contributed by atoms with Gasteiger partial charge >= 0.3 is 0 Å². The summed E-state index contributed by atoms with van der Waals surface area (Å²) < 4.78 is 0. The van der Waals surface area contributed by atoms with Crippen LogP contribution in [0.4, 0.5) is 0 Å². The van der Waals surface area contributed by atoms with Crippen molar-refractivity contribution >= 4 is 16.7 Å². The molecule has 2 nitrogen and oxygen atoms in total. The summed E-state index contributed by atoms with van der Waals surface area (Å²) in [5.74, 6) is 0.0167. The molecule has 0 aliphatic rings. The number of rotatable bonds is 5. The number of carbonyl (C=O) groups is 1. The Hall–Kier alpha value is -1.83. The van der Waals surface area contributed by atoms with E-state index in [-0.39, 0.29) is 5.91 Å². The Kier molecular flexibility index (Phi) is 4.56. The van der Waals surface area contributed by atoms with Gasteiger partial charge in [-0.2, -0.15) is 0 Å². The fourth-order valence-corrected chi connectivity index (χ4v) is 2.35. The lowest BCUT2D eigenvalue weighted by molar-refractivity contribution is -0.119. The van der Waals surface area contributed by atoms with E-state index in [0.717, 1.165) is 6.42 Å². The van der Waals surface area contributed by atoms with E-state index >= 15 is 0 Å². The minimum Gasteiger partial charge on any atom is -0.352 e. The molecule has 0 aromatic heterocycles. The van der Waals surface area contributed by atoms with Crippen LogP contribution in [0.2, 0.25) is 0 Å². The molecule has 0 spiro atoms. The zero-order chi connectivity index (χ0) is 13.7. The van der Waals surface area contributed by atoms with Gasteiger partial charge in [0.2, 0.25) is 5.91 Å². The Balaban J connectivity index is 2.36. The molecule has 2 heteroatoms. The molecular formula is C17H21NO. The van der Waals surface area contributed by atoms with E-state index in [2.05, 4.69) is 42.6 Å². The molecule has 2 aromatic carbocycles. The van der Waals surface area contributed by atoms with Crippen molar-refractivity contribution < 1.29 is 4.79 Å². The molecule has 0 aliphatic carbocycles. The lowest BCUT2D eigenvalue weighted by Gasteiger charge is -2.11. The number of fused-ring (bicyclic) bond motifs is 1. The van der Waals surface area contributed by atoms with Crippen LogP contribution < -0.4 is 5.32 Å². The Morgan fingerprint density at radius 3 is 2.74 bits per heavy atom. The predicted molar refractivity (Wildman–Crippen MR) is 80.1 cm³/mol. The van der Waals surface area contributed by atoms with Crippen molar-refractivity contribution in [1.82, 2.24) is 5.32 Å². The maximum Gasteiger partial charge on any atom is 0.217 e. The van der Waals surface area contributed by atoms with E-state index in [9.17, 15) is 4.79 Å². The van der Waals surface area contributed by atoms with Crippen molar-refractivity contribution in [3.8, 4) is 0 Å². The standard InChI is InChI=1S/C17H21NO/c1-3-4-7-14-10-15-8-5-6-9-17(15)16(11-14)12-18-13(2)19/h5-6,8-11H,3-4,7,12H2,1-2H3,(H,18,19). The van der Waals surface area contributed by atoms with Crippen molar-refractivity contribution in [1.29, 1.82) is 0 Å². The molecule has 1 amide bonds. The summed E-state index contributed by atoms with van der Waals surface area (Å²) in [6, 6.07) is 12.9. The van der Waals surface area contributed by atoms with Gasteiger partial charge in [-0.3, -0.25) is 4.79 Å². The van der Waals surface area contributed by atoms with E-state index in [4.69, 9.17) is 0 Å². The first-order valence-corrected chi connectivity index (χ1v) is 6.95. The van der Waals surface area contributed by atoms with Crippen LogP contribution >= 0.6 is 0 Å². The highest BCUT2D eigenvalue weighted by Crippen LogP contribution is 2.22. The fourth-order valence-electron chi connectivity index (χ4n) is 2.35. The summed E-state index contributed by atoms with van der Waals surface area (Å²) >= 11 is 0. The molecule has 0 heterocycles. The number of hydrogen-bond donors (Lipinski definition) is 1. The second kappa shape index (κ2) is 6.37. The van der Waals surface area contributed by atoms with Crippen molar-refractivity contribution in [2.75, 3.05) is 0 Å². The minimum absolute atomic E-state index is 0.0167. The fraction of sp³-hybridized carbons (Fsp3) is 0.353. The van der Waals surface area contributed by atoms with Gasteiger partial charge < -0.3 is 5.32 Å². The number of carbonyl (C=O) groups excluding carboxylic acids is 1. The Bertz CT molecular complexity index is 574. The molecule has 0 saturated heterocycles. The summed E-state index contributed by atoms with van der Waals surface area (Å²) in [6.07, 6.45) is 3.51. The highest BCUT2D eigenvalue weighted by molar-refractivity contribution is 5.87. The maximum atomic E-state index is 11.1. The van der Waals surface area contributed by atoms with Crippen molar-refractivity contribution in [2.24, 2.45) is 0 Å². The second-order valence-corrected chi connectivity index (χ2v) is 4.99. The average molecular weight is 255 g/mol. The van der Waals surface area contributed by atoms with Gasteiger partial charge in [-0.15, -0.1) is 0 Å². The maximum absolute atomic E-state index is 11.1. The Morgan fingerprint density at radius 2 is 2.00 bits per heavy atom. The van der Waals surface area contributed by atoms with Crippen LogP contribution in [0.1, 0.15) is 37.8 Å². The van der Waals surface area contributed by atoms with Gasteiger partial charge in [0.25, 0.3) is 0 Å². The highest BCUT2D eigenvalue weighted by Gasteiger charge is 2.04. The van der Waals surface area contributed by atoms with Gasteiger partial charge in [-0.05, 0) is 34.7 Å². The molecule has 0 fully saturated rings. The van der Waals surface area contributed by atoms with Crippen LogP contribution in [0.15, 0.2) is 36.4 Å². The lowest BCUT2D eigenvalue weighted by atomic mass is 9.98. The number of benzene rings is 2. The van der Waals surface area contributed by atoms with Crippen LogP contribution in [0.25, 0.3) is 10.8 Å². The number of nitrogens with one attached hydrogen (secondary N) is 1. The quantitative estimate of drug-likeness (QED) is 0.864. The zero-order valence-corrected chi connectivity index (χ0v) is 11.7. The predicted octanol–water partition coefficient (Wildman–Crippen LogP) is 3.82. The first kappa shape index (κ1) is 13.6. The molecule has 0 bridgehead atoms. The normalized spacial score (nSPS) is 10.6. The molecule has 0 saturated carbocycles. The lowest BCUT2D eigenvalue weighted by Crippen LogP contribution is -2.19. The van der Waals surface area contributed by atoms with Gasteiger partial charge in [0.15, 0.2) is 0 Å². The van der Waals surface area contributed by atoms with E-state index in [1.165, 1.54) is 34.7 Å². The second-order valence-electron chi connectivity index (χ2n) is 4.99. The van der Waals surface area contributed by atoms with Gasteiger partial charge in [-0.1, -0.05) is 49.7 Å². The van der Waals surface area contributed by atoms with E-state index in [1.807, 2.05) is 6.07 Å². The third-order valence-electron chi connectivity index (χ3n) is 3.35. The molecule has 0 unspecified atom stereocenters. The number of unbranched alkanes of at least 4 members (excludes halogenated alkanes) is 1. The van der Waals surface area contributed by atoms with Crippen LogP contribution in [0.3, 0.4) is 0 Å². The number of amides is 1. The molecule has 19 heavy (non-hydrogen) atoms. The third kappa shape index (κ3) is 3.57. The molecule has 2 rings (SSSR count). The van der Waals surface area contributed by atoms with Crippen LogP contribution in [0.5, 0.6) is 0 Å². The monoisotopic (exact) mass is 255 g/mol. The average Bonchev–Trinajstić information content (AvgIpc) is 2.42. The Labute approximate surface area is 114 Å². The largest absolute Gasteiger partial charge is 0.352 e. The van der Waals surface area contributed by atoms with Crippen LogP contribution in [-0.4, -0.2) is 5.91 Å². The van der Waals surface area contributed by atoms with E-state index in [1.54, 1.807) is 6.92 Å². The van der Waals surface area contributed by atoms with Crippen LogP contribution in [0, 0.1) is 0 Å². The summed E-state index contributed by atoms with van der Waals surface area (Å²) in [7, 11) is 0. The van der Waals surface area contributed by atoms with Crippen molar-refractivity contribution in [2.45, 2.75) is 39.7 Å². The smallest absolute Gasteiger partial charge is 0.217 e. The topological polar surface area (TPSA) is 29.1 Å². The van der Waals surface area contributed by atoms with E-state index in [0.29, 0.717) is 6.54 Å². The van der Waals surface area contributed by atoms with Crippen molar-refractivity contribution in [3.05, 3.63) is 47.5 Å². The minimum atomic E-state index is 0.0167. The molecule has 0 atom stereocenters. The SMILES string of the molecule is CCCCc1cc(CNC(C)=O)c2ccccc2c1. The molecule has 0 radical (unpaired) electrons. The molecular weight excluding hydrogens is 234 g/mol. The van der Waals surface area contributed by atoms with Crippen molar-refractivity contribution in [3.63, 3.8) is 0 Å². The first-order valence-electron chi connectivity index (χ1n) is 6.95. The molecule has 1 N–H and O–H groups in total. The summed E-state index contributed by atoms with van der Waals surface area (Å²) in [5, 5.41) is 5.39. The molecule has 2 aromatic rings. The third-order valence-corrected chi connectivity index (χ3v) is 3.35. The Morgan fingerprint density at radius 1 is 1.21 bits per heavy atom. The highest BCUT2D eigenvalue weighted by atomic mass is 16.1. The number of aryl methyl sites for hydroxylation is 1. The van der Waals surface area contributed by atoms with Crippen LogP contribution in [-0.2, 0) is 17.8 Å².